The standard InChI is InChI=1S/C16H12F3N3O5/c1-7(15(23)21-12-5-3-10(17)13(18)14(12)19)27-16(24)9-6-8(22(25)26)2-4-11(9)20/h2-7H,20H2,1H3,(H,21,23)/t7-/m0/s1. The van der Waals surface area contributed by atoms with Crippen molar-refractivity contribution in [1.29, 1.82) is 0 Å². The van der Waals surface area contributed by atoms with Crippen molar-refractivity contribution in [2.24, 2.45) is 0 Å². The second kappa shape index (κ2) is 7.72. The molecule has 0 saturated carbocycles. The second-order valence-corrected chi connectivity index (χ2v) is 5.29. The largest absolute Gasteiger partial charge is 0.449 e. The van der Waals surface area contributed by atoms with Crippen LogP contribution in [0.1, 0.15) is 17.3 Å². The molecule has 2 aromatic rings. The molecule has 27 heavy (non-hydrogen) atoms. The second-order valence-electron chi connectivity index (χ2n) is 5.29. The van der Waals surface area contributed by atoms with E-state index in [0.29, 0.717) is 6.07 Å². The number of hydrogen-bond acceptors (Lipinski definition) is 6. The van der Waals surface area contributed by atoms with Gasteiger partial charge in [-0.3, -0.25) is 14.9 Å². The third-order valence-corrected chi connectivity index (χ3v) is 3.41. The highest BCUT2D eigenvalue weighted by molar-refractivity contribution is 5.99. The highest BCUT2D eigenvalue weighted by Crippen LogP contribution is 2.22. The monoisotopic (exact) mass is 383 g/mol. The van der Waals surface area contributed by atoms with Gasteiger partial charge in [0.15, 0.2) is 23.6 Å². The number of nitro groups is 1. The smallest absolute Gasteiger partial charge is 0.341 e. The van der Waals surface area contributed by atoms with Crippen LogP contribution in [0.15, 0.2) is 30.3 Å². The highest BCUT2D eigenvalue weighted by atomic mass is 19.2. The number of rotatable bonds is 5. The molecule has 0 radical (unpaired) electrons. The summed E-state index contributed by atoms with van der Waals surface area (Å²) in [5.41, 5.74) is 4.03. The first-order valence-electron chi connectivity index (χ1n) is 7.31. The van der Waals surface area contributed by atoms with Gasteiger partial charge in [-0.25, -0.2) is 18.0 Å². The van der Waals surface area contributed by atoms with E-state index in [4.69, 9.17) is 10.5 Å². The van der Waals surface area contributed by atoms with Crippen molar-refractivity contribution >= 4 is 28.9 Å². The molecule has 1 atom stereocenters. The molecule has 0 fully saturated rings. The quantitative estimate of drug-likeness (QED) is 0.269. The normalized spacial score (nSPS) is 11.6. The van der Waals surface area contributed by atoms with E-state index in [9.17, 15) is 32.9 Å². The topological polar surface area (TPSA) is 125 Å². The lowest BCUT2D eigenvalue weighted by Crippen LogP contribution is -2.30. The minimum Gasteiger partial charge on any atom is -0.449 e. The number of carbonyl (C=O) groups excluding carboxylic acids is 2. The number of hydrogen-bond donors (Lipinski definition) is 2. The number of nitrogens with two attached hydrogens (primary N) is 1. The summed E-state index contributed by atoms with van der Waals surface area (Å²) in [5, 5.41) is 12.7. The number of esters is 1. The number of non-ortho nitro benzene ring substituents is 1. The van der Waals surface area contributed by atoms with Crippen molar-refractivity contribution in [3.63, 3.8) is 0 Å². The predicted octanol–water partition coefficient (Wildman–Crippen LogP) is 2.78. The number of anilines is 2. The number of amides is 1. The van der Waals surface area contributed by atoms with E-state index in [0.717, 1.165) is 31.2 Å². The third kappa shape index (κ3) is 4.32. The van der Waals surface area contributed by atoms with Gasteiger partial charge in [0, 0.05) is 17.8 Å². The van der Waals surface area contributed by atoms with Gasteiger partial charge in [-0.1, -0.05) is 0 Å². The summed E-state index contributed by atoms with van der Waals surface area (Å²) in [6.07, 6.45) is -1.50. The van der Waals surface area contributed by atoms with Gasteiger partial charge < -0.3 is 15.8 Å². The number of halogens is 3. The van der Waals surface area contributed by atoms with E-state index >= 15 is 0 Å². The van der Waals surface area contributed by atoms with Crippen LogP contribution in [0, 0.1) is 27.6 Å². The molecule has 0 aromatic heterocycles. The fourth-order valence-corrected chi connectivity index (χ4v) is 1.97. The molecule has 8 nitrogen and oxygen atoms in total. The van der Waals surface area contributed by atoms with E-state index in [1.54, 1.807) is 0 Å². The molecule has 0 aliphatic heterocycles. The zero-order chi connectivity index (χ0) is 20.3. The molecule has 0 bridgehead atoms. The van der Waals surface area contributed by atoms with Crippen molar-refractivity contribution in [3.05, 3.63) is 63.5 Å². The van der Waals surface area contributed by atoms with Crippen LogP contribution in [-0.4, -0.2) is 22.9 Å². The van der Waals surface area contributed by atoms with Crippen molar-refractivity contribution in [3.8, 4) is 0 Å². The van der Waals surface area contributed by atoms with Crippen LogP contribution in [0.2, 0.25) is 0 Å². The van der Waals surface area contributed by atoms with Gasteiger partial charge in [-0.2, -0.15) is 0 Å². The Balaban J connectivity index is 2.13. The van der Waals surface area contributed by atoms with Gasteiger partial charge in [0.1, 0.15) is 0 Å². The SMILES string of the molecule is C[C@H](OC(=O)c1cc([N+](=O)[O-])ccc1N)C(=O)Nc1ccc(F)c(F)c1F. The number of nitro benzene ring substituents is 1. The van der Waals surface area contributed by atoms with Gasteiger partial charge in [0.25, 0.3) is 11.6 Å². The summed E-state index contributed by atoms with van der Waals surface area (Å²) in [7, 11) is 0. The summed E-state index contributed by atoms with van der Waals surface area (Å²) in [5.74, 6) is -7.01. The van der Waals surface area contributed by atoms with E-state index in [1.807, 2.05) is 5.32 Å². The maximum Gasteiger partial charge on any atom is 0.341 e. The zero-order valence-corrected chi connectivity index (χ0v) is 13.7. The first-order valence-corrected chi connectivity index (χ1v) is 7.31. The number of nitrogens with one attached hydrogen (secondary N) is 1. The Morgan fingerprint density at radius 1 is 1.19 bits per heavy atom. The molecule has 0 aliphatic rings. The van der Waals surface area contributed by atoms with Crippen LogP contribution >= 0.6 is 0 Å². The maximum absolute atomic E-state index is 13.6. The molecule has 2 rings (SSSR count). The molecule has 3 N–H and O–H groups in total. The molecule has 0 aliphatic carbocycles. The van der Waals surface area contributed by atoms with Crippen LogP contribution in [-0.2, 0) is 9.53 Å². The Labute approximate surface area is 149 Å². The van der Waals surface area contributed by atoms with E-state index in [-0.39, 0.29) is 11.3 Å². The molecule has 0 unspecified atom stereocenters. The summed E-state index contributed by atoms with van der Waals surface area (Å²) < 4.78 is 44.5. The van der Waals surface area contributed by atoms with Crippen LogP contribution in [0.3, 0.4) is 0 Å². The lowest BCUT2D eigenvalue weighted by molar-refractivity contribution is -0.384. The first kappa shape index (κ1) is 19.7. The van der Waals surface area contributed by atoms with Gasteiger partial charge in [0.05, 0.1) is 16.2 Å². The van der Waals surface area contributed by atoms with E-state index in [1.165, 1.54) is 0 Å². The molecule has 0 spiro atoms. The van der Waals surface area contributed by atoms with Crippen molar-refractivity contribution in [1.82, 2.24) is 0 Å². The summed E-state index contributed by atoms with van der Waals surface area (Å²) in [4.78, 5) is 34.1. The van der Waals surface area contributed by atoms with Crippen molar-refractivity contribution in [2.45, 2.75) is 13.0 Å². The molecule has 11 heteroatoms. The number of ether oxygens (including phenoxy) is 1. The average Bonchev–Trinajstić information content (AvgIpc) is 2.62. The molecular formula is C16H12F3N3O5. The number of nitrogens with zero attached hydrogens (tertiary/aromatic N) is 1. The van der Waals surface area contributed by atoms with Gasteiger partial charge in [-0.15, -0.1) is 0 Å². The van der Waals surface area contributed by atoms with Crippen LogP contribution in [0.5, 0.6) is 0 Å². The Morgan fingerprint density at radius 2 is 1.85 bits per heavy atom. The zero-order valence-electron chi connectivity index (χ0n) is 13.7. The van der Waals surface area contributed by atoms with Gasteiger partial charge in [0.2, 0.25) is 0 Å². The molecule has 142 valence electrons. The molecule has 1 amide bonds. The Hall–Kier alpha value is -3.63. The first-order chi connectivity index (χ1) is 12.6. The van der Waals surface area contributed by atoms with Gasteiger partial charge >= 0.3 is 5.97 Å². The Bertz CT molecular complexity index is 936. The van der Waals surface area contributed by atoms with Crippen LogP contribution < -0.4 is 11.1 Å². The molecule has 2 aromatic carbocycles. The predicted molar refractivity (Wildman–Crippen MR) is 87.3 cm³/mol. The molecule has 0 heterocycles. The van der Waals surface area contributed by atoms with Gasteiger partial charge in [-0.05, 0) is 25.1 Å². The van der Waals surface area contributed by atoms with Crippen molar-refractivity contribution < 1.29 is 32.4 Å². The number of nitrogen functional groups attached to an aromatic ring is 1. The maximum atomic E-state index is 13.6. The van der Waals surface area contributed by atoms with Crippen LogP contribution in [0.4, 0.5) is 30.2 Å². The molecular weight excluding hydrogens is 371 g/mol. The summed E-state index contributed by atoms with van der Waals surface area (Å²) >= 11 is 0. The highest BCUT2D eigenvalue weighted by Gasteiger charge is 2.24. The minimum absolute atomic E-state index is 0.121. The lowest BCUT2D eigenvalue weighted by atomic mass is 10.1. The lowest BCUT2D eigenvalue weighted by Gasteiger charge is -2.14. The Morgan fingerprint density at radius 3 is 2.48 bits per heavy atom. The third-order valence-electron chi connectivity index (χ3n) is 3.41. The average molecular weight is 383 g/mol. The van der Waals surface area contributed by atoms with E-state index < -0.39 is 51.7 Å². The Kier molecular flexibility index (Phi) is 5.63. The fraction of sp³-hybridized carbons (Fsp3) is 0.125. The van der Waals surface area contributed by atoms with E-state index in [2.05, 4.69) is 0 Å². The summed E-state index contributed by atoms with van der Waals surface area (Å²) in [6, 6.07) is 4.47. The number of carbonyl (C=O) groups is 2. The summed E-state index contributed by atoms with van der Waals surface area (Å²) in [6.45, 7) is 1.12. The fourth-order valence-electron chi connectivity index (χ4n) is 1.97. The van der Waals surface area contributed by atoms with Crippen molar-refractivity contribution in [2.75, 3.05) is 11.1 Å². The minimum atomic E-state index is -1.78. The van der Waals surface area contributed by atoms with Crippen LogP contribution in [0.25, 0.3) is 0 Å². The number of benzene rings is 2. The molecule has 0 saturated heterocycles.